The third-order valence-corrected chi connectivity index (χ3v) is 6.39. The van der Waals surface area contributed by atoms with Crippen molar-refractivity contribution in [2.75, 3.05) is 19.0 Å². The first-order valence-electron chi connectivity index (χ1n) is 12.5. The van der Waals surface area contributed by atoms with E-state index < -0.39 is 22.7 Å². The Morgan fingerprint density at radius 3 is 2.37 bits per heavy atom. The Morgan fingerprint density at radius 1 is 1.02 bits per heavy atom. The van der Waals surface area contributed by atoms with Crippen molar-refractivity contribution in [3.8, 4) is 5.75 Å². The smallest absolute Gasteiger partial charge is 0.379 e. The standard InChI is InChI=1S/C30H24BrN5O7/c1-35(2)22-12-10-19(11-13-22)15-25(33-28(37)20-7-4-3-5-8-20)29(38)34-32-18-21-16-23(36(40)41)17-24(31)27(21)43-30(39)26-9-6-14-42-26/h3-18H,1-2H3,(H,33,37)(H,34,38)/b25-15+,32-18+. The first kappa shape index (κ1) is 30.4. The number of hydrogen-bond acceptors (Lipinski definition) is 9. The average Bonchev–Trinajstić information content (AvgIpc) is 3.54. The lowest BCUT2D eigenvalue weighted by Crippen LogP contribution is -2.32. The number of nitro groups is 1. The zero-order valence-corrected chi connectivity index (χ0v) is 24.4. The van der Waals surface area contributed by atoms with Gasteiger partial charge >= 0.3 is 5.97 Å². The number of furan rings is 1. The van der Waals surface area contributed by atoms with Gasteiger partial charge in [0.2, 0.25) is 5.76 Å². The average molecular weight is 646 g/mol. The second kappa shape index (κ2) is 13.9. The Balaban J connectivity index is 1.61. The number of non-ortho nitro benzene ring substituents is 1. The molecule has 1 heterocycles. The molecular formula is C30H24BrN5O7. The van der Waals surface area contributed by atoms with Gasteiger partial charge in [-0.05, 0) is 64.0 Å². The van der Waals surface area contributed by atoms with Gasteiger partial charge < -0.3 is 19.4 Å². The van der Waals surface area contributed by atoms with Crippen LogP contribution in [0, 0.1) is 10.1 Å². The van der Waals surface area contributed by atoms with Crippen LogP contribution in [0.5, 0.6) is 5.75 Å². The molecule has 0 saturated carbocycles. The third kappa shape index (κ3) is 8.01. The predicted molar refractivity (Wildman–Crippen MR) is 163 cm³/mol. The van der Waals surface area contributed by atoms with Gasteiger partial charge in [0.1, 0.15) is 5.70 Å². The minimum Gasteiger partial charge on any atom is -0.457 e. The lowest BCUT2D eigenvalue weighted by molar-refractivity contribution is -0.385. The van der Waals surface area contributed by atoms with Gasteiger partial charge in [-0.25, -0.2) is 10.2 Å². The van der Waals surface area contributed by atoms with E-state index in [0.29, 0.717) is 11.1 Å². The van der Waals surface area contributed by atoms with Crippen LogP contribution >= 0.6 is 15.9 Å². The zero-order valence-electron chi connectivity index (χ0n) is 22.8. The van der Waals surface area contributed by atoms with Crippen LogP contribution in [0.25, 0.3) is 6.08 Å². The van der Waals surface area contributed by atoms with Gasteiger partial charge in [0, 0.05) is 43.0 Å². The van der Waals surface area contributed by atoms with Crippen LogP contribution in [0.3, 0.4) is 0 Å². The van der Waals surface area contributed by atoms with Crippen LogP contribution in [-0.2, 0) is 4.79 Å². The summed E-state index contributed by atoms with van der Waals surface area (Å²) < 4.78 is 10.5. The number of carbonyl (C=O) groups excluding carboxylic acids is 3. The first-order chi connectivity index (χ1) is 20.6. The maximum atomic E-state index is 13.2. The Morgan fingerprint density at radius 2 is 1.74 bits per heavy atom. The summed E-state index contributed by atoms with van der Waals surface area (Å²) in [7, 11) is 3.79. The number of anilines is 1. The maximum Gasteiger partial charge on any atom is 0.379 e. The number of esters is 1. The van der Waals surface area contributed by atoms with Crippen molar-refractivity contribution in [1.82, 2.24) is 10.7 Å². The van der Waals surface area contributed by atoms with Crippen LogP contribution in [0.1, 0.15) is 32.0 Å². The largest absolute Gasteiger partial charge is 0.457 e. The summed E-state index contributed by atoms with van der Waals surface area (Å²) in [5.74, 6) is -2.35. The molecule has 0 atom stereocenters. The van der Waals surface area contributed by atoms with E-state index in [1.54, 1.807) is 42.5 Å². The van der Waals surface area contributed by atoms with Crippen molar-refractivity contribution in [3.05, 3.63) is 128 Å². The molecule has 0 aliphatic rings. The number of hydrogen-bond donors (Lipinski definition) is 2. The van der Waals surface area contributed by atoms with E-state index in [0.717, 1.165) is 24.0 Å². The molecule has 218 valence electrons. The molecule has 4 aromatic rings. The lowest BCUT2D eigenvalue weighted by Gasteiger charge is -2.13. The summed E-state index contributed by atoms with van der Waals surface area (Å²) in [6.45, 7) is 0. The maximum absolute atomic E-state index is 13.2. The number of amides is 2. The van der Waals surface area contributed by atoms with Crippen molar-refractivity contribution < 1.29 is 28.5 Å². The molecule has 1 aromatic heterocycles. The molecule has 0 spiro atoms. The summed E-state index contributed by atoms with van der Waals surface area (Å²) in [6, 6.07) is 20.8. The van der Waals surface area contributed by atoms with Crippen LogP contribution in [0.15, 0.2) is 105 Å². The van der Waals surface area contributed by atoms with Crippen LogP contribution < -0.4 is 20.4 Å². The fraction of sp³-hybridized carbons (Fsp3) is 0.0667. The topological polar surface area (TPSA) is 156 Å². The highest BCUT2D eigenvalue weighted by atomic mass is 79.9. The number of rotatable bonds is 10. The molecule has 12 nitrogen and oxygen atoms in total. The SMILES string of the molecule is CN(C)c1ccc(/C=C(/NC(=O)c2ccccc2)C(=O)N/N=C/c2cc([N+](=O)[O-])cc(Br)c2OC(=O)c2ccco2)cc1. The number of nitro benzene ring substituents is 1. The highest BCUT2D eigenvalue weighted by Gasteiger charge is 2.21. The van der Waals surface area contributed by atoms with Crippen LogP contribution in [0.4, 0.5) is 11.4 Å². The van der Waals surface area contributed by atoms with Gasteiger partial charge in [0.15, 0.2) is 5.75 Å². The highest BCUT2D eigenvalue weighted by molar-refractivity contribution is 9.10. The van der Waals surface area contributed by atoms with Gasteiger partial charge in [0.25, 0.3) is 17.5 Å². The van der Waals surface area contributed by atoms with Crippen LogP contribution in [-0.4, -0.2) is 43.0 Å². The summed E-state index contributed by atoms with van der Waals surface area (Å²) in [5, 5.41) is 18.0. The first-order valence-corrected chi connectivity index (χ1v) is 13.3. The number of benzene rings is 3. The number of halogens is 1. The molecule has 2 N–H and O–H groups in total. The van der Waals surface area contributed by atoms with E-state index in [-0.39, 0.29) is 32.9 Å². The van der Waals surface area contributed by atoms with Crippen LogP contribution in [0.2, 0.25) is 0 Å². The highest BCUT2D eigenvalue weighted by Crippen LogP contribution is 2.33. The fourth-order valence-electron chi connectivity index (χ4n) is 3.64. The normalized spacial score (nSPS) is 11.2. The minimum atomic E-state index is -0.854. The van der Waals surface area contributed by atoms with E-state index in [1.165, 1.54) is 24.5 Å². The zero-order chi connectivity index (χ0) is 30.9. The molecule has 0 aliphatic heterocycles. The van der Waals surface area contributed by atoms with Gasteiger partial charge in [-0.3, -0.25) is 19.7 Å². The molecule has 0 saturated heterocycles. The van der Waals surface area contributed by atoms with Crippen molar-refractivity contribution in [2.45, 2.75) is 0 Å². The predicted octanol–water partition coefficient (Wildman–Crippen LogP) is 5.16. The molecule has 2 amide bonds. The Hall–Kier alpha value is -5.56. The molecule has 43 heavy (non-hydrogen) atoms. The molecule has 0 fully saturated rings. The number of nitrogens with one attached hydrogen (secondary N) is 2. The van der Waals surface area contributed by atoms with Crippen molar-refractivity contribution in [1.29, 1.82) is 0 Å². The summed E-state index contributed by atoms with van der Waals surface area (Å²) in [4.78, 5) is 51.3. The molecule has 0 radical (unpaired) electrons. The van der Waals surface area contributed by atoms with E-state index in [4.69, 9.17) is 9.15 Å². The van der Waals surface area contributed by atoms with E-state index in [2.05, 4.69) is 31.8 Å². The quantitative estimate of drug-likeness (QED) is 0.0598. The van der Waals surface area contributed by atoms with E-state index in [1.807, 2.05) is 31.1 Å². The van der Waals surface area contributed by atoms with Crippen molar-refractivity contribution in [2.24, 2.45) is 5.10 Å². The molecule has 0 bridgehead atoms. The number of nitrogens with zero attached hydrogens (tertiary/aromatic N) is 3. The van der Waals surface area contributed by atoms with Gasteiger partial charge in [0.05, 0.1) is 21.9 Å². The second-order valence-corrected chi connectivity index (χ2v) is 9.89. The summed E-state index contributed by atoms with van der Waals surface area (Å²) in [6.07, 6.45) is 3.84. The van der Waals surface area contributed by atoms with E-state index in [9.17, 15) is 24.5 Å². The number of ether oxygens (including phenoxy) is 1. The Labute approximate surface area is 253 Å². The Kier molecular flexibility index (Phi) is 9.81. The molecular weight excluding hydrogens is 622 g/mol. The second-order valence-electron chi connectivity index (χ2n) is 9.03. The van der Waals surface area contributed by atoms with Gasteiger partial charge in [-0.1, -0.05) is 30.3 Å². The monoisotopic (exact) mass is 645 g/mol. The summed E-state index contributed by atoms with van der Waals surface area (Å²) >= 11 is 3.18. The molecule has 0 unspecified atom stereocenters. The van der Waals surface area contributed by atoms with Crippen molar-refractivity contribution in [3.63, 3.8) is 0 Å². The van der Waals surface area contributed by atoms with E-state index >= 15 is 0 Å². The molecule has 3 aromatic carbocycles. The molecule has 13 heteroatoms. The number of carbonyl (C=O) groups is 3. The minimum absolute atomic E-state index is 0.000550. The third-order valence-electron chi connectivity index (χ3n) is 5.80. The molecule has 4 rings (SSSR count). The van der Waals surface area contributed by atoms with Crippen molar-refractivity contribution >= 4 is 57.4 Å². The summed E-state index contributed by atoms with van der Waals surface area (Å²) in [5.41, 5.74) is 3.76. The molecule has 0 aliphatic carbocycles. The van der Waals surface area contributed by atoms with Gasteiger partial charge in [-0.15, -0.1) is 0 Å². The van der Waals surface area contributed by atoms with Gasteiger partial charge in [-0.2, -0.15) is 5.10 Å². The lowest BCUT2D eigenvalue weighted by atomic mass is 10.1. The number of hydrazone groups is 1. The fourth-order valence-corrected chi connectivity index (χ4v) is 4.19. The Bertz CT molecular complexity index is 1700.